The first-order valence-corrected chi connectivity index (χ1v) is 9.38. The molecule has 0 bridgehead atoms. The number of likely N-dealkylation sites (tertiary alicyclic amines) is 1. The Balaban J connectivity index is 1.44. The maximum Gasteiger partial charge on any atom is 0.225 e. The third-order valence-corrected chi connectivity index (χ3v) is 5.48. The van der Waals surface area contributed by atoms with Gasteiger partial charge in [-0.3, -0.25) is 9.89 Å². The summed E-state index contributed by atoms with van der Waals surface area (Å²) in [4.78, 5) is 14.8. The third kappa shape index (κ3) is 3.65. The highest BCUT2D eigenvalue weighted by molar-refractivity contribution is 5.79. The van der Waals surface area contributed by atoms with Gasteiger partial charge in [-0.2, -0.15) is 5.10 Å². The summed E-state index contributed by atoms with van der Waals surface area (Å²) in [5, 5.41) is 7.51. The van der Waals surface area contributed by atoms with E-state index in [9.17, 15) is 9.18 Å². The fourth-order valence-electron chi connectivity index (χ4n) is 3.95. The molecule has 1 amide bonds. The molecule has 5 nitrogen and oxygen atoms in total. The number of aromatic amines is 1. The lowest BCUT2D eigenvalue weighted by Crippen LogP contribution is -2.43. The second-order valence-electron chi connectivity index (χ2n) is 7.23. The summed E-state index contributed by atoms with van der Waals surface area (Å²) in [6.45, 7) is 2.96. The van der Waals surface area contributed by atoms with E-state index in [4.69, 9.17) is 4.74 Å². The molecule has 0 spiro atoms. The second kappa shape index (κ2) is 7.58. The van der Waals surface area contributed by atoms with Crippen LogP contribution in [0.15, 0.2) is 30.3 Å². The van der Waals surface area contributed by atoms with Crippen LogP contribution in [0.25, 0.3) is 11.3 Å². The highest BCUT2D eigenvalue weighted by Gasteiger charge is 2.31. The molecule has 1 aromatic carbocycles. The number of nitrogens with zero attached hydrogens (tertiary/aromatic N) is 2. The topological polar surface area (TPSA) is 58.2 Å². The van der Waals surface area contributed by atoms with Crippen LogP contribution in [0.2, 0.25) is 0 Å². The number of aromatic nitrogens is 2. The molecule has 2 fully saturated rings. The summed E-state index contributed by atoms with van der Waals surface area (Å²) in [5.41, 5.74) is 2.75. The zero-order chi connectivity index (χ0) is 17.9. The van der Waals surface area contributed by atoms with E-state index in [0.29, 0.717) is 13.2 Å². The van der Waals surface area contributed by atoms with Gasteiger partial charge in [-0.15, -0.1) is 0 Å². The van der Waals surface area contributed by atoms with E-state index in [0.717, 1.165) is 55.7 Å². The Bertz CT molecular complexity index is 753. The monoisotopic (exact) mass is 357 g/mol. The number of amides is 1. The van der Waals surface area contributed by atoms with Crippen molar-refractivity contribution in [3.63, 3.8) is 0 Å². The van der Waals surface area contributed by atoms with Crippen molar-refractivity contribution in [1.29, 1.82) is 0 Å². The van der Waals surface area contributed by atoms with Crippen LogP contribution in [0.5, 0.6) is 0 Å². The number of carbonyl (C=O) groups excluding carboxylic acids is 1. The number of H-pyrrole nitrogens is 1. The fraction of sp³-hybridized carbons (Fsp3) is 0.500. The van der Waals surface area contributed by atoms with Crippen LogP contribution in [-0.2, 0) is 9.53 Å². The zero-order valence-electron chi connectivity index (χ0n) is 14.8. The Morgan fingerprint density at radius 3 is 2.73 bits per heavy atom. The van der Waals surface area contributed by atoms with Crippen molar-refractivity contribution in [2.75, 3.05) is 26.3 Å². The Kier molecular flexibility index (Phi) is 5.02. The first-order valence-electron chi connectivity index (χ1n) is 9.38. The van der Waals surface area contributed by atoms with Gasteiger partial charge in [0.15, 0.2) is 0 Å². The Morgan fingerprint density at radius 2 is 1.96 bits per heavy atom. The van der Waals surface area contributed by atoms with Crippen molar-refractivity contribution in [2.24, 2.45) is 5.92 Å². The Morgan fingerprint density at radius 1 is 1.19 bits per heavy atom. The van der Waals surface area contributed by atoms with Crippen molar-refractivity contribution in [3.8, 4) is 11.3 Å². The Hall–Kier alpha value is -2.21. The largest absolute Gasteiger partial charge is 0.381 e. The number of carbonyl (C=O) groups is 1. The molecule has 3 heterocycles. The van der Waals surface area contributed by atoms with E-state index in [1.807, 2.05) is 11.0 Å². The van der Waals surface area contributed by atoms with E-state index in [1.54, 1.807) is 12.1 Å². The van der Waals surface area contributed by atoms with Crippen molar-refractivity contribution >= 4 is 5.91 Å². The van der Waals surface area contributed by atoms with Crippen LogP contribution in [0.1, 0.15) is 37.3 Å². The highest BCUT2D eigenvalue weighted by atomic mass is 19.1. The average Bonchev–Trinajstić information content (AvgIpc) is 3.19. The zero-order valence-corrected chi connectivity index (χ0v) is 14.8. The first kappa shape index (κ1) is 17.2. The van der Waals surface area contributed by atoms with E-state index in [1.165, 1.54) is 12.1 Å². The number of piperidine rings is 1. The minimum absolute atomic E-state index is 0.110. The number of benzene rings is 1. The minimum Gasteiger partial charge on any atom is -0.381 e. The molecule has 1 atom stereocenters. The van der Waals surface area contributed by atoms with E-state index in [2.05, 4.69) is 10.2 Å². The van der Waals surface area contributed by atoms with Crippen LogP contribution < -0.4 is 0 Å². The summed E-state index contributed by atoms with van der Waals surface area (Å²) in [6, 6.07) is 8.38. The predicted molar refractivity (Wildman–Crippen MR) is 96.1 cm³/mol. The lowest BCUT2D eigenvalue weighted by molar-refractivity contribution is -0.139. The molecule has 0 saturated carbocycles. The molecule has 2 aliphatic rings. The number of hydrogen-bond acceptors (Lipinski definition) is 3. The maximum absolute atomic E-state index is 13.1. The summed E-state index contributed by atoms with van der Waals surface area (Å²) in [6.07, 6.45) is 3.71. The van der Waals surface area contributed by atoms with E-state index < -0.39 is 0 Å². The predicted octanol–water partition coefficient (Wildman–Crippen LogP) is 3.35. The summed E-state index contributed by atoms with van der Waals surface area (Å²) in [5.74, 6) is 0.406. The number of nitrogens with one attached hydrogen (secondary N) is 1. The summed E-state index contributed by atoms with van der Waals surface area (Å²) < 4.78 is 18.5. The molecule has 2 aromatic rings. The maximum atomic E-state index is 13.1. The van der Waals surface area contributed by atoms with E-state index >= 15 is 0 Å². The van der Waals surface area contributed by atoms with Crippen molar-refractivity contribution in [1.82, 2.24) is 15.1 Å². The second-order valence-corrected chi connectivity index (χ2v) is 7.23. The molecular weight excluding hydrogens is 333 g/mol. The van der Waals surface area contributed by atoms with Crippen molar-refractivity contribution in [2.45, 2.75) is 31.6 Å². The van der Waals surface area contributed by atoms with Gasteiger partial charge in [-0.05, 0) is 56.0 Å². The molecule has 0 unspecified atom stereocenters. The van der Waals surface area contributed by atoms with Crippen LogP contribution >= 0.6 is 0 Å². The molecule has 2 aliphatic heterocycles. The van der Waals surface area contributed by atoms with Crippen LogP contribution in [0.4, 0.5) is 4.39 Å². The van der Waals surface area contributed by atoms with Crippen LogP contribution in [0, 0.1) is 11.7 Å². The van der Waals surface area contributed by atoms with Crippen LogP contribution in [-0.4, -0.2) is 47.3 Å². The molecule has 2 saturated heterocycles. The van der Waals surface area contributed by atoms with Gasteiger partial charge in [0.1, 0.15) is 5.82 Å². The average molecular weight is 357 g/mol. The first-order chi connectivity index (χ1) is 12.7. The van der Waals surface area contributed by atoms with Gasteiger partial charge in [0, 0.05) is 49.4 Å². The van der Waals surface area contributed by atoms with Crippen molar-refractivity contribution < 1.29 is 13.9 Å². The summed E-state index contributed by atoms with van der Waals surface area (Å²) >= 11 is 0. The summed E-state index contributed by atoms with van der Waals surface area (Å²) in [7, 11) is 0. The number of hydrogen-bond donors (Lipinski definition) is 1. The van der Waals surface area contributed by atoms with Gasteiger partial charge in [0.2, 0.25) is 5.91 Å². The molecule has 6 heteroatoms. The fourth-order valence-corrected chi connectivity index (χ4v) is 3.95. The quantitative estimate of drug-likeness (QED) is 0.916. The molecule has 1 aromatic heterocycles. The molecular formula is C20H24FN3O2. The standard InChI is InChI=1S/C20H24FN3O2/c21-17-5-3-14(4-6-17)18-12-19(23-22-18)16-2-1-9-24(13-16)20(25)15-7-10-26-11-8-15/h3-6,12,15-16H,1-2,7-11,13H2,(H,22,23)/t16-/m0/s1. The number of ether oxygens (including phenoxy) is 1. The lowest BCUT2D eigenvalue weighted by Gasteiger charge is -2.35. The minimum atomic E-state index is -0.251. The highest BCUT2D eigenvalue weighted by Crippen LogP contribution is 2.30. The van der Waals surface area contributed by atoms with Crippen molar-refractivity contribution in [3.05, 3.63) is 41.8 Å². The van der Waals surface area contributed by atoms with Gasteiger partial charge in [-0.25, -0.2) is 4.39 Å². The van der Waals surface area contributed by atoms with E-state index in [-0.39, 0.29) is 23.6 Å². The normalized spacial score (nSPS) is 21.7. The number of halogens is 1. The molecule has 0 radical (unpaired) electrons. The molecule has 138 valence electrons. The van der Waals surface area contributed by atoms with Gasteiger partial charge < -0.3 is 9.64 Å². The third-order valence-electron chi connectivity index (χ3n) is 5.48. The number of rotatable bonds is 3. The van der Waals surface area contributed by atoms with Gasteiger partial charge in [0.25, 0.3) is 0 Å². The SMILES string of the molecule is O=C(C1CCOCC1)N1CCC[C@H](c2cc(-c3ccc(F)cc3)n[nH]2)C1. The molecule has 1 N–H and O–H groups in total. The Labute approximate surface area is 152 Å². The smallest absolute Gasteiger partial charge is 0.225 e. The molecule has 0 aliphatic carbocycles. The van der Waals surface area contributed by atoms with Gasteiger partial charge in [0.05, 0.1) is 5.69 Å². The van der Waals surface area contributed by atoms with Crippen LogP contribution in [0.3, 0.4) is 0 Å². The lowest BCUT2D eigenvalue weighted by atomic mass is 9.92. The molecule has 4 rings (SSSR count). The molecule has 26 heavy (non-hydrogen) atoms. The van der Waals surface area contributed by atoms with Gasteiger partial charge in [-0.1, -0.05) is 0 Å². The van der Waals surface area contributed by atoms with Gasteiger partial charge >= 0.3 is 0 Å².